The monoisotopic (exact) mass is 756 g/mol. The van der Waals surface area contributed by atoms with Crippen molar-refractivity contribution in [3.05, 3.63) is 40.7 Å². The predicted molar refractivity (Wildman–Crippen MR) is 195 cm³/mol. The molecule has 1 saturated heterocycles. The molecule has 1 N–H and O–H groups in total. The fourth-order valence-electron chi connectivity index (χ4n) is 6.24. The highest BCUT2D eigenvalue weighted by atomic mass is 32.1. The number of nitriles is 1. The summed E-state index contributed by atoms with van der Waals surface area (Å²) in [7, 11) is -1.97. The van der Waals surface area contributed by atoms with Gasteiger partial charge in [0.15, 0.2) is 20.0 Å². The minimum atomic E-state index is -1.97. The number of hydrogen-bond donors (Lipinski definition) is 1. The number of ether oxygens (including phenoxy) is 3. The molecule has 0 spiro atoms. The molecule has 278 valence electrons. The standard InChI is InChI=1S/C36H43F3N6O5SSi/c1-35(2,3)50-34(46)44-32-21(12-40)27-30(41-14-25(38)31(27)51-32)26-24-18-47-17-23(24)22-13-42-33(43-29(22)28(26)39)48-16-20-11-19(37)15-45(20)9-10-49-52(7,8)36(4,5)6/h13-14,19-20H,9-11,15-18H2,1-8H3,(H,44,46)/t19-,20+/m1/s1. The molecule has 16 heteroatoms. The molecule has 0 aliphatic carbocycles. The first-order valence-electron chi connectivity index (χ1n) is 17.1. The number of amides is 1. The van der Waals surface area contributed by atoms with E-state index in [9.17, 15) is 14.4 Å². The topological polar surface area (TPSA) is 132 Å². The fraction of sp³-hybridized carbons (Fsp3) is 0.528. The van der Waals surface area contributed by atoms with Gasteiger partial charge >= 0.3 is 12.1 Å². The molecule has 1 aromatic carbocycles. The number of thiophene rings is 1. The Morgan fingerprint density at radius 3 is 2.58 bits per heavy atom. The highest BCUT2D eigenvalue weighted by Gasteiger charge is 2.38. The number of carbonyl (C=O) groups excluding carboxylic acids is 1. The van der Waals surface area contributed by atoms with E-state index in [0.717, 1.165) is 17.5 Å². The normalized spacial score (nSPS) is 18.2. The number of fused-ring (bicyclic) bond motifs is 4. The van der Waals surface area contributed by atoms with E-state index in [0.29, 0.717) is 29.7 Å². The van der Waals surface area contributed by atoms with Gasteiger partial charge in [0.25, 0.3) is 0 Å². The molecule has 52 heavy (non-hydrogen) atoms. The van der Waals surface area contributed by atoms with Gasteiger partial charge in [-0.3, -0.25) is 15.2 Å². The van der Waals surface area contributed by atoms with E-state index in [1.165, 1.54) is 6.20 Å². The van der Waals surface area contributed by atoms with Crippen molar-refractivity contribution in [3.8, 4) is 23.3 Å². The average Bonchev–Trinajstić information content (AvgIpc) is 3.76. The molecule has 11 nitrogen and oxygen atoms in total. The third-order valence-corrected chi connectivity index (χ3v) is 15.5. The van der Waals surface area contributed by atoms with E-state index in [-0.39, 0.29) is 87.3 Å². The van der Waals surface area contributed by atoms with Crippen LogP contribution in [-0.2, 0) is 27.1 Å². The van der Waals surface area contributed by atoms with Crippen molar-refractivity contribution in [1.82, 2.24) is 19.9 Å². The van der Waals surface area contributed by atoms with Crippen LogP contribution >= 0.6 is 11.3 Å². The lowest BCUT2D eigenvalue weighted by Gasteiger charge is -2.37. The van der Waals surface area contributed by atoms with Crippen molar-refractivity contribution in [2.45, 2.75) is 97.1 Å². The molecule has 2 atom stereocenters. The van der Waals surface area contributed by atoms with Crippen LogP contribution in [0.4, 0.5) is 23.0 Å². The second kappa shape index (κ2) is 14.2. The maximum atomic E-state index is 16.9. The van der Waals surface area contributed by atoms with Gasteiger partial charge in [-0.05, 0) is 56.5 Å². The number of alkyl halides is 1. The number of carbonyl (C=O) groups is 1. The molecule has 0 radical (unpaired) electrons. The van der Waals surface area contributed by atoms with Crippen molar-refractivity contribution in [2.75, 3.05) is 31.6 Å². The summed E-state index contributed by atoms with van der Waals surface area (Å²) in [5.41, 5.74) is 0.108. The van der Waals surface area contributed by atoms with Crippen LogP contribution in [0.1, 0.15) is 64.7 Å². The molecule has 2 aliphatic heterocycles. The van der Waals surface area contributed by atoms with Gasteiger partial charge in [-0.15, -0.1) is 11.3 Å². The fourth-order valence-corrected chi connectivity index (χ4v) is 8.31. The number of rotatable bonds is 9. The van der Waals surface area contributed by atoms with Gasteiger partial charge in [-0.25, -0.2) is 22.9 Å². The van der Waals surface area contributed by atoms with Crippen molar-refractivity contribution in [1.29, 1.82) is 5.26 Å². The van der Waals surface area contributed by atoms with Gasteiger partial charge in [0, 0.05) is 48.3 Å². The summed E-state index contributed by atoms with van der Waals surface area (Å²) in [5.74, 6) is -1.52. The van der Waals surface area contributed by atoms with E-state index in [1.807, 2.05) is 11.0 Å². The number of benzene rings is 1. The van der Waals surface area contributed by atoms with Crippen LogP contribution in [0.5, 0.6) is 6.01 Å². The zero-order valence-corrected chi connectivity index (χ0v) is 32.4. The van der Waals surface area contributed by atoms with Crippen molar-refractivity contribution >= 4 is 51.7 Å². The molecule has 1 fully saturated rings. The minimum Gasteiger partial charge on any atom is -0.462 e. The number of pyridine rings is 1. The Hall–Kier alpha value is -3.88. The molecule has 0 bridgehead atoms. The highest BCUT2D eigenvalue weighted by molar-refractivity contribution is 7.23. The predicted octanol–water partition coefficient (Wildman–Crippen LogP) is 8.25. The van der Waals surface area contributed by atoms with E-state index in [4.69, 9.17) is 18.6 Å². The average molecular weight is 757 g/mol. The van der Waals surface area contributed by atoms with Gasteiger partial charge in [0.2, 0.25) is 0 Å². The second-order valence-corrected chi connectivity index (χ2v) is 21.5. The summed E-state index contributed by atoms with van der Waals surface area (Å²) in [5, 5.41) is 13.3. The van der Waals surface area contributed by atoms with Gasteiger partial charge in [-0.1, -0.05) is 20.8 Å². The lowest BCUT2D eigenvalue weighted by atomic mass is 9.94. The van der Waals surface area contributed by atoms with Crippen LogP contribution in [-0.4, -0.2) is 78.4 Å². The Balaban J connectivity index is 1.32. The number of aromatic nitrogens is 3. The first kappa shape index (κ1) is 37.9. The number of likely N-dealkylation sites (tertiary alicyclic amines) is 1. The van der Waals surface area contributed by atoms with Gasteiger partial charge in [0.1, 0.15) is 35.0 Å². The molecular formula is C36H43F3N6O5SSi. The molecular weight excluding hydrogens is 714 g/mol. The van der Waals surface area contributed by atoms with Gasteiger partial charge in [-0.2, -0.15) is 10.2 Å². The van der Waals surface area contributed by atoms with Crippen molar-refractivity contribution < 1.29 is 36.6 Å². The summed E-state index contributed by atoms with van der Waals surface area (Å²) >= 11 is 0.824. The zero-order valence-electron chi connectivity index (χ0n) is 30.6. The van der Waals surface area contributed by atoms with E-state index < -0.39 is 37.8 Å². The van der Waals surface area contributed by atoms with Crippen LogP contribution in [0.3, 0.4) is 0 Å². The smallest absolute Gasteiger partial charge is 0.412 e. The Morgan fingerprint density at radius 1 is 1.15 bits per heavy atom. The van der Waals surface area contributed by atoms with Crippen LogP contribution in [0.25, 0.3) is 32.2 Å². The van der Waals surface area contributed by atoms with Crippen molar-refractivity contribution in [3.63, 3.8) is 0 Å². The third kappa shape index (κ3) is 7.47. The third-order valence-electron chi connectivity index (χ3n) is 9.84. The number of nitrogens with one attached hydrogen (secondary N) is 1. The minimum absolute atomic E-state index is 0.000766. The number of halogens is 3. The summed E-state index contributed by atoms with van der Waals surface area (Å²) in [6.07, 6.45) is 0.850. The number of nitrogens with zero attached hydrogens (tertiary/aromatic N) is 5. The highest BCUT2D eigenvalue weighted by Crippen LogP contribution is 2.46. The SMILES string of the molecule is CC(C)(C)OC(=O)Nc1sc2c(F)cnc(-c3c4c(c5cnc(OC[C@@H]6C[C@@H](F)CN6CCO[Si](C)(C)C(C)(C)C)nc5c3F)COC4)c2c1C#N. The summed E-state index contributed by atoms with van der Waals surface area (Å²) in [4.78, 5) is 27.7. The molecule has 5 heterocycles. The maximum Gasteiger partial charge on any atom is 0.412 e. The molecule has 0 unspecified atom stereocenters. The molecule has 1 amide bonds. The molecule has 3 aromatic heterocycles. The van der Waals surface area contributed by atoms with Gasteiger partial charge < -0.3 is 18.6 Å². The largest absolute Gasteiger partial charge is 0.462 e. The van der Waals surface area contributed by atoms with Crippen LogP contribution in [0, 0.1) is 23.0 Å². The van der Waals surface area contributed by atoms with E-state index in [2.05, 4.69) is 54.1 Å². The Morgan fingerprint density at radius 2 is 1.88 bits per heavy atom. The van der Waals surface area contributed by atoms with Crippen LogP contribution in [0.15, 0.2) is 12.4 Å². The second-order valence-electron chi connectivity index (χ2n) is 15.7. The maximum absolute atomic E-state index is 16.9. The Labute approximate surface area is 305 Å². The summed E-state index contributed by atoms with van der Waals surface area (Å²) < 4.78 is 70.1. The van der Waals surface area contributed by atoms with Crippen LogP contribution in [0.2, 0.25) is 18.1 Å². The lowest BCUT2D eigenvalue weighted by Crippen LogP contribution is -2.44. The van der Waals surface area contributed by atoms with Crippen molar-refractivity contribution in [2.24, 2.45) is 0 Å². The summed E-state index contributed by atoms with van der Waals surface area (Å²) in [6, 6.07) is 1.68. The quantitative estimate of drug-likeness (QED) is 0.167. The first-order chi connectivity index (χ1) is 24.4. The van der Waals surface area contributed by atoms with Crippen LogP contribution < -0.4 is 10.1 Å². The molecule has 0 saturated carbocycles. The van der Waals surface area contributed by atoms with Gasteiger partial charge in [0.05, 0.1) is 35.4 Å². The molecule has 6 rings (SSSR count). The Bertz CT molecular complexity index is 2080. The molecule has 2 aliphatic rings. The lowest BCUT2D eigenvalue weighted by molar-refractivity contribution is 0.0636. The first-order valence-corrected chi connectivity index (χ1v) is 20.8. The number of anilines is 1. The summed E-state index contributed by atoms with van der Waals surface area (Å²) in [6.45, 7) is 17.5. The number of hydrogen-bond acceptors (Lipinski definition) is 11. The zero-order chi connectivity index (χ0) is 37.7. The molecule has 4 aromatic rings. The Kier molecular flexibility index (Phi) is 10.3. The van der Waals surface area contributed by atoms with E-state index in [1.54, 1.807) is 20.8 Å². The van der Waals surface area contributed by atoms with E-state index >= 15 is 8.78 Å².